The topological polar surface area (TPSA) is 99.2 Å². The molecule has 5 heteroatoms. The smallest absolute Gasteiger partial charge is 0.870 e. The van der Waals surface area contributed by atoms with E-state index >= 15 is 0 Å². The van der Waals surface area contributed by atoms with Crippen molar-refractivity contribution in [1.82, 2.24) is 0 Å². The largest absolute Gasteiger partial charge is 4.00 e. The Bertz CT molecular complexity index is 19.3. The molecular formula is C6H16HfO4. The molecular weight excluding hydrogens is 315 g/mol. The summed E-state index contributed by atoms with van der Waals surface area (Å²) in [7, 11) is 0. The molecule has 1 N–H and O–H groups in total. The molecule has 0 atom stereocenters. The molecule has 4 nitrogen and oxygen atoms in total. The molecule has 0 rings (SSSR count). The van der Waals surface area contributed by atoms with E-state index in [1.807, 2.05) is 0 Å². The Morgan fingerprint density at radius 1 is 0.727 bits per heavy atom. The summed E-state index contributed by atoms with van der Waals surface area (Å²) in [5.74, 6) is 0. The monoisotopic (exact) mass is 332 g/mol. The minimum Gasteiger partial charge on any atom is -0.870 e. The van der Waals surface area contributed by atoms with Crippen LogP contribution < -0.4 is 15.3 Å². The Labute approximate surface area is 87.3 Å². The second-order valence-electron chi connectivity index (χ2n) is 0.866. The van der Waals surface area contributed by atoms with Gasteiger partial charge in [0, 0.05) is 0 Å². The summed E-state index contributed by atoms with van der Waals surface area (Å²) in [4.78, 5) is 0. The maximum absolute atomic E-state index is 8.93. The van der Waals surface area contributed by atoms with Crippen LogP contribution in [0.4, 0.5) is 0 Å². The minimum atomic E-state index is 0. The van der Waals surface area contributed by atoms with Crippen LogP contribution in [0.25, 0.3) is 0 Å². The Kier molecular flexibility index (Phi) is 199. The first-order valence-electron chi connectivity index (χ1n) is 2.99. The van der Waals surface area contributed by atoms with Gasteiger partial charge >= 0.3 is 25.8 Å². The van der Waals surface area contributed by atoms with Crippen molar-refractivity contribution in [1.29, 1.82) is 0 Å². The van der Waals surface area contributed by atoms with E-state index in [-0.39, 0.29) is 51.1 Å². The first-order chi connectivity index (χ1) is 4.24. The van der Waals surface area contributed by atoms with E-state index in [1.54, 1.807) is 20.8 Å². The fraction of sp³-hybridized carbons (Fsp3) is 1.00. The standard InChI is InChI=1S/3C2H5O.Hf.H2O/c3*1-2-3;;/h3*2H2,1H3;;1H2/q3*-1;+4;/p-1. The van der Waals surface area contributed by atoms with Crippen LogP contribution in [0.2, 0.25) is 0 Å². The summed E-state index contributed by atoms with van der Waals surface area (Å²) >= 11 is 0. The van der Waals surface area contributed by atoms with E-state index in [0.29, 0.717) is 0 Å². The average Bonchev–Trinajstić information content (AvgIpc) is 1.70. The van der Waals surface area contributed by atoms with Gasteiger partial charge < -0.3 is 20.8 Å². The maximum Gasteiger partial charge on any atom is 4.00 e. The van der Waals surface area contributed by atoms with Gasteiger partial charge in [-0.25, -0.2) is 0 Å². The zero-order valence-electron chi connectivity index (χ0n) is 7.29. The summed E-state index contributed by atoms with van der Waals surface area (Å²) in [5.41, 5.74) is 0. The predicted octanol–water partition coefficient (Wildman–Crippen LogP) is -2.08. The maximum atomic E-state index is 8.93. The van der Waals surface area contributed by atoms with Crippen LogP contribution in [0.1, 0.15) is 20.8 Å². The molecule has 0 aromatic heterocycles. The third kappa shape index (κ3) is 1610. The molecule has 0 aliphatic heterocycles. The Morgan fingerprint density at radius 3 is 0.727 bits per heavy atom. The number of hydrogen-bond donors (Lipinski definition) is 0. The van der Waals surface area contributed by atoms with Gasteiger partial charge in [-0.3, -0.25) is 0 Å². The van der Waals surface area contributed by atoms with Gasteiger partial charge in [0.25, 0.3) is 0 Å². The molecule has 0 spiro atoms. The number of rotatable bonds is 0. The molecule has 0 unspecified atom stereocenters. The second-order valence-corrected chi connectivity index (χ2v) is 0.866. The molecule has 0 aliphatic carbocycles. The molecule has 0 amide bonds. The van der Waals surface area contributed by atoms with E-state index in [0.717, 1.165) is 0 Å². The van der Waals surface area contributed by atoms with E-state index in [4.69, 9.17) is 15.3 Å². The summed E-state index contributed by atoms with van der Waals surface area (Å²) in [6.07, 6.45) is 0. The Morgan fingerprint density at radius 2 is 0.727 bits per heavy atom. The van der Waals surface area contributed by atoms with Gasteiger partial charge in [-0.1, -0.05) is 20.8 Å². The fourth-order valence-electron chi connectivity index (χ4n) is 0. The SMILES string of the molecule is CC[O-].CC[O-].CC[O-].[Hf+4].[OH-]. The van der Waals surface area contributed by atoms with Crippen molar-refractivity contribution >= 4 is 0 Å². The van der Waals surface area contributed by atoms with Gasteiger partial charge in [-0.05, 0) is 0 Å². The molecule has 11 heavy (non-hydrogen) atoms. The number of hydrogen-bond acceptors (Lipinski definition) is 4. The summed E-state index contributed by atoms with van der Waals surface area (Å²) in [6.45, 7) is 4.71. The van der Waals surface area contributed by atoms with E-state index in [1.165, 1.54) is 0 Å². The van der Waals surface area contributed by atoms with E-state index in [9.17, 15) is 0 Å². The second kappa shape index (κ2) is 73.4. The zero-order valence-corrected chi connectivity index (χ0v) is 10.9. The predicted molar refractivity (Wildman–Crippen MR) is 33.6 cm³/mol. The average molecular weight is 331 g/mol. The molecule has 0 radical (unpaired) electrons. The van der Waals surface area contributed by atoms with Crippen LogP contribution in [-0.2, 0) is 25.8 Å². The van der Waals surface area contributed by atoms with E-state index < -0.39 is 0 Å². The Balaban J connectivity index is -0.0000000150. The first kappa shape index (κ1) is 29.8. The first-order valence-corrected chi connectivity index (χ1v) is 2.99. The molecule has 0 aromatic carbocycles. The van der Waals surface area contributed by atoms with Crippen molar-refractivity contribution in [2.45, 2.75) is 20.8 Å². The molecule has 0 saturated carbocycles. The van der Waals surface area contributed by atoms with Crippen LogP contribution in [0.5, 0.6) is 0 Å². The van der Waals surface area contributed by atoms with Crippen LogP contribution >= 0.6 is 0 Å². The van der Waals surface area contributed by atoms with Crippen molar-refractivity contribution in [3.05, 3.63) is 0 Å². The molecule has 68 valence electrons. The normalized spacial score (nSPS) is 4.91. The van der Waals surface area contributed by atoms with Gasteiger partial charge in [0.15, 0.2) is 0 Å². The van der Waals surface area contributed by atoms with Crippen molar-refractivity contribution in [2.75, 3.05) is 19.8 Å². The van der Waals surface area contributed by atoms with Crippen molar-refractivity contribution in [3.8, 4) is 0 Å². The van der Waals surface area contributed by atoms with Crippen LogP contribution in [0.3, 0.4) is 0 Å². The van der Waals surface area contributed by atoms with Gasteiger partial charge in [-0.15, -0.1) is 19.8 Å². The van der Waals surface area contributed by atoms with Gasteiger partial charge in [0.1, 0.15) is 0 Å². The van der Waals surface area contributed by atoms with Crippen molar-refractivity contribution < 1.29 is 46.6 Å². The Hall–Kier alpha value is 0.710. The summed E-state index contributed by atoms with van der Waals surface area (Å²) in [6, 6.07) is 0. The third-order valence-electron chi connectivity index (χ3n) is 0. The van der Waals surface area contributed by atoms with E-state index in [2.05, 4.69) is 0 Å². The van der Waals surface area contributed by atoms with Gasteiger partial charge in [-0.2, -0.15) is 0 Å². The van der Waals surface area contributed by atoms with Crippen LogP contribution in [-0.4, -0.2) is 25.3 Å². The fourth-order valence-corrected chi connectivity index (χ4v) is 0. The molecule has 0 bridgehead atoms. The van der Waals surface area contributed by atoms with Crippen LogP contribution in [0.15, 0.2) is 0 Å². The summed E-state index contributed by atoms with van der Waals surface area (Å²) in [5, 5.41) is 26.8. The van der Waals surface area contributed by atoms with Gasteiger partial charge in [0.2, 0.25) is 0 Å². The quantitative estimate of drug-likeness (QED) is 0.476. The van der Waals surface area contributed by atoms with Crippen LogP contribution in [0, 0.1) is 0 Å². The molecule has 0 fully saturated rings. The molecule has 0 aromatic rings. The molecule has 0 aliphatic rings. The zero-order chi connectivity index (χ0) is 8.12. The van der Waals surface area contributed by atoms with Crippen molar-refractivity contribution in [3.63, 3.8) is 0 Å². The van der Waals surface area contributed by atoms with Crippen molar-refractivity contribution in [2.24, 2.45) is 0 Å². The third-order valence-corrected chi connectivity index (χ3v) is 0. The van der Waals surface area contributed by atoms with Gasteiger partial charge in [0.05, 0.1) is 0 Å². The molecule has 0 saturated heterocycles. The minimum absolute atomic E-state index is 0. The summed E-state index contributed by atoms with van der Waals surface area (Å²) < 4.78 is 0. The molecule has 0 heterocycles.